The van der Waals surface area contributed by atoms with E-state index in [-0.39, 0.29) is 17.4 Å². The number of carbonyl (C=O) groups excluding carboxylic acids is 2. The Balaban J connectivity index is 2.01. The molecule has 0 radical (unpaired) electrons. The van der Waals surface area contributed by atoms with Crippen LogP contribution in [0.1, 0.15) is 31.1 Å². The van der Waals surface area contributed by atoms with E-state index in [1.807, 2.05) is 20.8 Å². The summed E-state index contributed by atoms with van der Waals surface area (Å²) in [5.41, 5.74) is -0.332. The largest absolute Gasteiger partial charge is 0.339 e. The Hall–Kier alpha value is -1.98. The number of hydrogen-bond donors (Lipinski definition) is 0. The van der Waals surface area contributed by atoms with E-state index in [4.69, 9.17) is 0 Å². The van der Waals surface area contributed by atoms with Crippen molar-refractivity contribution < 1.29 is 18.4 Å². The molecular formula is C16H20F2N2O2. The van der Waals surface area contributed by atoms with Gasteiger partial charge in [0, 0.05) is 37.2 Å². The van der Waals surface area contributed by atoms with Gasteiger partial charge in [0.1, 0.15) is 0 Å². The van der Waals surface area contributed by atoms with Crippen molar-refractivity contribution in [2.75, 3.05) is 26.2 Å². The second kappa shape index (κ2) is 6.02. The number of hydrogen-bond acceptors (Lipinski definition) is 2. The minimum Gasteiger partial charge on any atom is -0.339 e. The maximum Gasteiger partial charge on any atom is 0.254 e. The van der Waals surface area contributed by atoms with Crippen LogP contribution in [0.3, 0.4) is 0 Å². The summed E-state index contributed by atoms with van der Waals surface area (Å²) in [4.78, 5) is 27.7. The zero-order valence-corrected chi connectivity index (χ0v) is 13.0. The summed E-state index contributed by atoms with van der Waals surface area (Å²) in [6.07, 6.45) is 0. The van der Waals surface area contributed by atoms with Gasteiger partial charge < -0.3 is 9.80 Å². The first-order chi connectivity index (χ1) is 10.2. The Morgan fingerprint density at radius 1 is 0.955 bits per heavy atom. The van der Waals surface area contributed by atoms with E-state index in [1.165, 1.54) is 6.07 Å². The summed E-state index contributed by atoms with van der Waals surface area (Å²) < 4.78 is 26.1. The number of amides is 2. The van der Waals surface area contributed by atoms with Crippen molar-refractivity contribution in [1.82, 2.24) is 9.80 Å². The van der Waals surface area contributed by atoms with E-state index < -0.39 is 17.0 Å². The number of rotatable bonds is 1. The van der Waals surface area contributed by atoms with Crippen LogP contribution in [0.5, 0.6) is 0 Å². The molecule has 0 N–H and O–H groups in total. The molecule has 4 nitrogen and oxygen atoms in total. The molecule has 1 aromatic rings. The predicted molar refractivity (Wildman–Crippen MR) is 78.3 cm³/mol. The number of carbonyl (C=O) groups is 2. The maximum atomic E-state index is 13.2. The highest BCUT2D eigenvalue weighted by Crippen LogP contribution is 2.19. The van der Waals surface area contributed by atoms with Crippen molar-refractivity contribution in [3.63, 3.8) is 0 Å². The van der Waals surface area contributed by atoms with Crippen molar-refractivity contribution in [2.45, 2.75) is 20.8 Å². The number of benzene rings is 1. The first kappa shape index (κ1) is 16.4. The van der Waals surface area contributed by atoms with Gasteiger partial charge in [-0.3, -0.25) is 9.59 Å². The van der Waals surface area contributed by atoms with Crippen molar-refractivity contribution in [2.24, 2.45) is 5.41 Å². The van der Waals surface area contributed by atoms with Crippen LogP contribution in [-0.4, -0.2) is 47.8 Å². The van der Waals surface area contributed by atoms with Crippen molar-refractivity contribution in [1.29, 1.82) is 0 Å². The maximum absolute atomic E-state index is 13.2. The van der Waals surface area contributed by atoms with E-state index in [0.717, 1.165) is 12.1 Å². The Labute approximate surface area is 128 Å². The molecule has 0 unspecified atom stereocenters. The predicted octanol–water partition coefficient (Wildman–Crippen LogP) is 2.30. The second-order valence-corrected chi connectivity index (χ2v) is 6.46. The average molecular weight is 310 g/mol. The molecule has 0 aromatic heterocycles. The molecule has 1 aromatic carbocycles. The Bertz CT molecular complexity index is 588. The van der Waals surface area contributed by atoms with Gasteiger partial charge in [-0.1, -0.05) is 20.8 Å². The third-order valence-electron chi connectivity index (χ3n) is 3.66. The van der Waals surface area contributed by atoms with E-state index in [0.29, 0.717) is 26.2 Å². The lowest BCUT2D eigenvalue weighted by Crippen LogP contribution is -2.53. The Morgan fingerprint density at radius 3 is 2.00 bits per heavy atom. The first-order valence-electron chi connectivity index (χ1n) is 7.24. The molecule has 120 valence electrons. The molecule has 0 spiro atoms. The Kier molecular flexibility index (Phi) is 4.49. The van der Waals surface area contributed by atoms with Crippen molar-refractivity contribution in [3.8, 4) is 0 Å². The van der Waals surface area contributed by atoms with Crippen LogP contribution in [-0.2, 0) is 4.79 Å². The monoisotopic (exact) mass is 310 g/mol. The third-order valence-corrected chi connectivity index (χ3v) is 3.66. The van der Waals surface area contributed by atoms with Gasteiger partial charge in [0.15, 0.2) is 11.6 Å². The molecule has 1 aliphatic heterocycles. The van der Waals surface area contributed by atoms with Gasteiger partial charge in [-0.05, 0) is 18.2 Å². The Morgan fingerprint density at radius 2 is 1.50 bits per heavy atom. The summed E-state index contributed by atoms with van der Waals surface area (Å²) in [6.45, 7) is 7.24. The SMILES string of the molecule is CC(C)(C)C(=O)N1CCN(C(=O)c2ccc(F)c(F)c2)CC1. The number of halogens is 2. The summed E-state index contributed by atoms with van der Waals surface area (Å²) >= 11 is 0. The highest BCUT2D eigenvalue weighted by Gasteiger charge is 2.31. The van der Waals surface area contributed by atoms with Crippen molar-refractivity contribution in [3.05, 3.63) is 35.4 Å². The van der Waals surface area contributed by atoms with E-state index >= 15 is 0 Å². The molecule has 1 aliphatic rings. The molecule has 0 bridgehead atoms. The van der Waals surface area contributed by atoms with Crippen LogP contribution < -0.4 is 0 Å². The molecule has 0 aliphatic carbocycles. The smallest absolute Gasteiger partial charge is 0.254 e. The van der Waals surface area contributed by atoms with E-state index in [9.17, 15) is 18.4 Å². The topological polar surface area (TPSA) is 40.6 Å². The van der Waals surface area contributed by atoms with Crippen LogP contribution in [0.2, 0.25) is 0 Å². The van der Waals surface area contributed by atoms with Gasteiger partial charge >= 0.3 is 0 Å². The minimum absolute atomic E-state index is 0.0485. The molecule has 6 heteroatoms. The zero-order valence-electron chi connectivity index (χ0n) is 13.0. The molecular weight excluding hydrogens is 290 g/mol. The molecule has 2 rings (SSSR count). The van der Waals surface area contributed by atoms with Crippen LogP contribution in [0.15, 0.2) is 18.2 Å². The van der Waals surface area contributed by atoms with Gasteiger partial charge in [-0.2, -0.15) is 0 Å². The normalized spacial score (nSPS) is 15.9. The van der Waals surface area contributed by atoms with Crippen LogP contribution in [0.4, 0.5) is 8.78 Å². The molecule has 1 heterocycles. The molecule has 22 heavy (non-hydrogen) atoms. The molecule has 1 saturated heterocycles. The van der Waals surface area contributed by atoms with E-state index in [2.05, 4.69) is 0 Å². The quantitative estimate of drug-likeness (QED) is 0.798. The van der Waals surface area contributed by atoms with Crippen LogP contribution in [0, 0.1) is 17.0 Å². The molecule has 0 saturated carbocycles. The fourth-order valence-electron chi connectivity index (χ4n) is 2.40. The lowest BCUT2D eigenvalue weighted by atomic mass is 9.94. The summed E-state index contributed by atoms with van der Waals surface area (Å²) in [7, 11) is 0. The van der Waals surface area contributed by atoms with Gasteiger partial charge in [0.25, 0.3) is 5.91 Å². The number of nitrogens with zero attached hydrogens (tertiary/aromatic N) is 2. The van der Waals surface area contributed by atoms with Crippen molar-refractivity contribution >= 4 is 11.8 Å². The molecule has 1 fully saturated rings. The van der Waals surface area contributed by atoms with Gasteiger partial charge in [-0.15, -0.1) is 0 Å². The average Bonchev–Trinajstić information content (AvgIpc) is 2.48. The highest BCUT2D eigenvalue weighted by molar-refractivity contribution is 5.94. The summed E-state index contributed by atoms with van der Waals surface area (Å²) in [6, 6.07) is 3.12. The standard InChI is InChI=1S/C16H20F2N2O2/c1-16(2,3)15(22)20-8-6-19(7-9-20)14(21)11-4-5-12(17)13(18)10-11/h4-5,10H,6-9H2,1-3H3. The second-order valence-electron chi connectivity index (χ2n) is 6.46. The first-order valence-corrected chi connectivity index (χ1v) is 7.24. The van der Waals surface area contributed by atoms with Crippen LogP contribution >= 0.6 is 0 Å². The summed E-state index contributed by atoms with van der Waals surface area (Å²) in [5.74, 6) is -2.31. The van der Waals surface area contributed by atoms with Gasteiger partial charge in [-0.25, -0.2) is 8.78 Å². The van der Waals surface area contributed by atoms with E-state index in [1.54, 1.807) is 9.80 Å². The molecule has 2 amide bonds. The fraction of sp³-hybridized carbons (Fsp3) is 0.500. The fourth-order valence-corrected chi connectivity index (χ4v) is 2.40. The number of piperazine rings is 1. The zero-order chi connectivity index (χ0) is 16.5. The minimum atomic E-state index is -1.03. The summed E-state index contributed by atoms with van der Waals surface area (Å²) in [5, 5.41) is 0. The van der Waals surface area contributed by atoms with Gasteiger partial charge in [0.05, 0.1) is 0 Å². The lowest BCUT2D eigenvalue weighted by Gasteiger charge is -2.37. The van der Waals surface area contributed by atoms with Crippen LogP contribution in [0.25, 0.3) is 0 Å². The third kappa shape index (κ3) is 3.43. The lowest BCUT2D eigenvalue weighted by molar-refractivity contribution is -0.140. The molecule has 0 atom stereocenters. The highest BCUT2D eigenvalue weighted by atomic mass is 19.2. The van der Waals surface area contributed by atoms with Gasteiger partial charge in [0.2, 0.25) is 5.91 Å².